The van der Waals surface area contributed by atoms with E-state index in [0.717, 1.165) is 5.01 Å². The predicted octanol–water partition coefficient (Wildman–Crippen LogP) is 2.68. The lowest BCUT2D eigenvalue weighted by Crippen LogP contribution is -2.26. The minimum Gasteiger partial charge on any atom is -0.352 e. The predicted molar refractivity (Wildman–Crippen MR) is 76.3 cm³/mol. The van der Waals surface area contributed by atoms with Gasteiger partial charge >= 0.3 is 0 Å². The Morgan fingerprint density at radius 2 is 2.30 bits per heavy atom. The first-order valence-electron chi connectivity index (χ1n) is 5.68. The summed E-state index contributed by atoms with van der Waals surface area (Å²) in [6.45, 7) is 0.394. The van der Waals surface area contributed by atoms with Gasteiger partial charge in [-0.1, -0.05) is 11.6 Å². The maximum atomic E-state index is 11.9. The number of non-ortho nitro benzene ring substituents is 1. The average Bonchev–Trinajstić information content (AvgIpc) is 2.92. The first-order valence-corrected chi connectivity index (χ1v) is 6.94. The lowest BCUT2D eigenvalue weighted by atomic mass is 10.2. The quantitative estimate of drug-likeness (QED) is 0.679. The Morgan fingerprint density at radius 1 is 1.50 bits per heavy atom. The van der Waals surface area contributed by atoms with Gasteiger partial charge in [0.2, 0.25) is 0 Å². The first kappa shape index (κ1) is 14.4. The SMILES string of the molecule is O=C(NCCc1nccs1)c1cc([N+](=O)[O-])ccc1Cl. The lowest BCUT2D eigenvalue weighted by Gasteiger charge is -2.05. The van der Waals surface area contributed by atoms with E-state index < -0.39 is 10.8 Å². The number of hydrogen-bond acceptors (Lipinski definition) is 5. The van der Waals surface area contributed by atoms with Crippen LogP contribution in [0.5, 0.6) is 0 Å². The van der Waals surface area contributed by atoms with E-state index in [4.69, 9.17) is 11.6 Å². The fourth-order valence-electron chi connectivity index (χ4n) is 1.56. The van der Waals surface area contributed by atoms with E-state index in [2.05, 4.69) is 10.3 Å². The molecule has 1 aromatic heterocycles. The number of amides is 1. The van der Waals surface area contributed by atoms with Crippen molar-refractivity contribution in [3.8, 4) is 0 Å². The lowest BCUT2D eigenvalue weighted by molar-refractivity contribution is -0.384. The zero-order valence-corrected chi connectivity index (χ0v) is 11.8. The van der Waals surface area contributed by atoms with Crippen LogP contribution in [0.15, 0.2) is 29.8 Å². The molecule has 2 rings (SSSR count). The number of carbonyl (C=O) groups is 1. The molecule has 0 fully saturated rings. The maximum absolute atomic E-state index is 11.9. The molecule has 0 aliphatic heterocycles. The molecule has 0 aliphatic carbocycles. The van der Waals surface area contributed by atoms with Gasteiger partial charge in [-0.05, 0) is 6.07 Å². The summed E-state index contributed by atoms with van der Waals surface area (Å²) in [7, 11) is 0. The molecule has 1 heterocycles. The van der Waals surface area contributed by atoms with E-state index in [1.165, 1.54) is 29.5 Å². The minimum absolute atomic E-state index is 0.0972. The van der Waals surface area contributed by atoms with Gasteiger partial charge < -0.3 is 5.32 Å². The Bertz CT molecular complexity index is 631. The Hall–Kier alpha value is -1.99. The van der Waals surface area contributed by atoms with Crippen molar-refractivity contribution in [3.63, 3.8) is 0 Å². The Morgan fingerprint density at radius 3 is 2.95 bits per heavy atom. The molecular weight excluding hydrogens is 302 g/mol. The normalized spacial score (nSPS) is 10.2. The number of thiazole rings is 1. The first-order chi connectivity index (χ1) is 9.58. The van der Waals surface area contributed by atoms with Gasteiger partial charge in [-0.25, -0.2) is 4.98 Å². The molecule has 2 aromatic rings. The van der Waals surface area contributed by atoms with Crippen LogP contribution in [0.3, 0.4) is 0 Å². The van der Waals surface area contributed by atoms with Crippen molar-refractivity contribution in [2.45, 2.75) is 6.42 Å². The number of nitro groups is 1. The van der Waals surface area contributed by atoms with E-state index in [9.17, 15) is 14.9 Å². The third-order valence-corrected chi connectivity index (χ3v) is 3.68. The summed E-state index contributed by atoms with van der Waals surface area (Å²) in [6, 6.07) is 3.77. The standard InChI is InChI=1S/C12H10ClN3O3S/c13-10-2-1-8(16(18)19)7-9(10)12(17)15-4-3-11-14-5-6-20-11/h1-2,5-7H,3-4H2,(H,15,17). The molecule has 0 spiro atoms. The van der Waals surface area contributed by atoms with Gasteiger partial charge in [0.25, 0.3) is 11.6 Å². The van der Waals surface area contributed by atoms with Crippen molar-refractivity contribution >= 4 is 34.5 Å². The van der Waals surface area contributed by atoms with Crippen LogP contribution in [0.1, 0.15) is 15.4 Å². The molecule has 0 unspecified atom stereocenters. The topological polar surface area (TPSA) is 85.1 Å². The summed E-state index contributed by atoms with van der Waals surface area (Å²) in [4.78, 5) is 26.1. The van der Waals surface area contributed by atoms with Crippen molar-refractivity contribution in [3.05, 3.63) is 55.5 Å². The maximum Gasteiger partial charge on any atom is 0.270 e. The van der Waals surface area contributed by atoms with Crippen LogP contribution in [-0.2, 0) is 6.42 Å². The summed E-state index contributed by atoms with van der Waals surface area (Å²) in [5.41, 5.74) is -0.0699. The summed E-state index contributed by atoms with van der Waals surface area (Å²) in [5.74, 6) is -0.435. The number of aromatic nitrogens is 1. The molecule has 6 nitrogen and oxygen atoms in total. The van der Waals surface area contributed by atoms with Gasteiger partial charge in [-0.3, -0.25) is 14.9 Å². The van der Waals surface area contributed by atoms with Crippen LogP contribution < -0.4 is 5.32 Å². The van der Waals surface area contributed by atoms with Gasteiger partial charge in [-0.15, -0.1) is 11.3 Å². The molecule has 0 radical (unpaired) electrons. The second kappa shape index (κ2) is 6.44. The van der Waals surface area contributed by atoms with Crippen LogP contribution >= 0.6 is 22.9 Å². The fourth-order valence-corrected chi connectivity index (χ4v) is 2.38. The van der Waals surface area contributed by atoms with E-state index in [1.54, 1.807) is 6.20 Å². The molecule has 1 amide bonds. The number of rotatable bonds is 5. The van der Waals surface area contributed by atoms with Crippen LogP contribution in [0.4, 0.5) is 5.69 Å². The molecule has 20 heavy (non-hydrogen) atoms. The van der Waals surface area contributed by atoms with Crippen molar-refractivity contribution in [1.29, 1.82) is 0 Å². The largest absolute Gasteiger partial charge is 0.352 e. The third-order valence-electron chi connectivity index (χ3n) is 2.51. The van der Waals surface area contributed by atoms with Gasteiger partial charge in [0.1, 0.15) is 0 Å². The Balaban J connectivity index is 2.01. The fraction of sp³-hybridized carbons (Fsp3) is 0.167. The second-order valence-electron chi connectivity index (χ2n) is 3.85. The van der Waals surface area contributed by atoms with Crippen molar-refractivity contribution in [2.75, 3.05) is 6.54 Å². The van der Waals surface area contributed by atoms with E-state index >= 15 is 0 Å². The number of hydrogen-bond donors (Lipinski definition) is 1. The monoisotopic (exact) mass is 311 g/mol. The smallest absolute Gasteiger partial charge is 0.270 e. The summed E-state index contributed by atoms with van der Waals surface area (Å²) >= 11 is 7.38. The van der Waals surface area contributed by atoms with E-state index in [0.29, 0.717) is 13.0 Å². The van der Waals surface area contributed by atoms with Crippen LogP contribution in [-0.4, -0.2) is 22.4 Å². The van der Waals surface area contributed by atoms with Gasteiger partial charge in [0.05, 0.1) is 20.5 Å². The van der Waals surface area contributed by atoms with E-state index in [-0.39, 0.29) is 16.3 Å². The summed E-state index contributed by atoms with van der Waals surface area (Å²) in [5, 5.41) is 16.3. The second-order valence-corrected chi connectivity index (χ2v) is 5.24. The molecule has 0 saturated heterocycles. The summed E-state index contributed by atoms with van der Waals surface area (Å²) < 4.78 is 0. The van der Waals surface area contributed by atoms with Crippen molar-refractivity contribution < 1.29 is 9.72 Å². The number of nitro benzene ring substituents is 1. The number of nitrogens with zero attached hydrogens (tertiary/aromatic N) is 2. The van der Waals surface area contributed by atoms with Gasteiger partial charge in [0.15, 0.2) is 0 Å². The van der Waals surface area contributed by atoms with Gasteiger partial charge in [-0.2, -0.15) is 0 Å². The van der Waals surface area contributed by atoms with Crippen LogP contribution in [0, 0.1) is 10.1 Å². The molecule has 1 aromatic carbocycles. The molecular formula is C12H10ClN3O3S. The number of benzene rings is 1. The highest BCUT2D eigenvalue weighted by Crippen LogP contribution is 2.21. The Labute approximate surface area is 123 Å². The molecule has 1 N–H and O–H groups in total. The summed E-state index contributed by atoms with van der Waals surface area (Å²) in [6.07, 6.45) is 2.30. The average molecular weight is 312 g/mol. The molecule has 104 valence electrons. The molecule has 0 atom stereocenters. The minimum atomic E-state index is -0.567. The molecule has 0 bridgehead atoms. The molecule has 0 saturated carbocycles. The zero-order valence-electron chi connectivity index (χ0n) is 10.2. The Kier molecular flexibility index (Phi) is 4.65. The number of nitrogens with one attached hydrogen (secondary N) is 1. The highest BCUT2D eigenvalue weighted by molar-refractivity contribution is 7.09. The third kappa shape index (κ3) is 3.52. The van der Waals surface area contributed by atoms with Crippen LogP contribution in [0.2, 0.25) is 5.02 Å². The van der Waals surface area contributed by atoms with E-state index in [1.807, 2.05) is 5.38 Å². The molecule has 8 heteroatoms. The highest BCUT2D eigenvalue weighted by Gasteiger charge is 2.15. The highest BCUT2D eigenvalue weighted by atomic mass is 35.5. The number of carbonyl (C=O) groups excluding carboxylic acids is 1. The van der Waals surface area contributed by atoms with Gasteiger partial charge in [0, 0.05) is 36.7 Å². The zero-order chi connectivity index (χ0) is 14.5. The molecule has 0 aliphatic rings. The van der Waals surface area contributed by atoms with Crippen molar-refractivity contribution in [2.24, 2.45) is 0 Å². The number of halogens is 1. The van der Waals surface area contributed by atoms with Crippen LogP contribution in [0.25, 0.3) is 0 Å². The van der Waals surface area contributed by atoms with Crippen molar-refractivity contribution in [1.82, 2.24) is 10.3 Å².